The van der Waals surface area contributed by atoms with E-state index in [1.54, 1.807) is 30.3 Å². The molecule has 0 bridgehead atoms. The molecular formula is C108H112O39. The fraction of sp³-hybridized carbons (Fsp3) is 0.361. The number of carbonyl (C=O) groups excluding carboxylic acids is 15. The van der Waals surface area contributed by atoms with Crippen molar-refractivity contribution in [3.63, 3.8) is 0 Å². The molecular weight excluding hydrogens is 1920 g/mol. The second-order valence-corrected chi connectivity index (χ2v) is 33.5. The van der Waals surface area contributed by atoms with Crippen LogP contribution in [0.4, 0.5) is 0 Å². The molecule has 3 fully saturated rings. The molecule has 9 aromatic rings. The van der Waals surface area contributed by atoms with Crippen LogP contribution < -0.4 is 28.4 Å². The number of aryl methyl sites for hydroxylation is 1. The lowest BCUT2D eigenvalue weighted by Gasteiger charge is -2.43. The van der Waals surface area contributed by atoms with E-state index in [2.05, 4.69) is 0 Å². The lowest BCUT2D eigenvalue weighted by atomic mass is 9.97. The first kappa shape index (κ1) is 112. The molecule has 39 nitrogen and oxygen atoms in total. The zero-order chi connectivity index (χ0) is 106. The van der Waals surface area contributed by atoms with E-state index in [1.165, 1.54) is 25.1 Å². The first-order valence-corrected chi connectivity index (χ1v) is 46.3. The predicted octanol–water partition coefficient (Wildman–Crippen LogP) is 12.2. The summed E-state index contributed by atoms with van der Waals surface area (Å²) in [6.45, 7) is 13.0. The van der Waals surface area contributed by atoms with Crippen LogP contribution in [0.25, 0.3) is 0 Å². The fourth-order valence-electron chi connectivity index (χ4n) is 15.5. The maximum absolute atomic E-state index is 14.1. The summed E-state index contributed by atoms with van der Waals surface area (Å²) in [6, 6.07) is 69.4. The Labute approximate surface area is 845 Å². The second kappa shape index (κ2) is 54.2. The van der Waals surface area contributed by atoms with Crippen molar-refractivity contribution in [2.24, 2.45) is 0 Å². The van der Waals surface area contributed by atoms with Crippen molar-refractivity contribution in [1.82, 2.24) is 0 Å². The van der Waals surface area contributed by atoms with Crippen LogP contribution in [0.5, 0.6) is 34.5 Å². The molecule has 9 aromatic carbocycles. The van der Waals surface area contributed by atoms with Crippen LogP contribution in [0.3, 0.4) is 0 Å². The highest BCUT2D eigenvalue weighted by molar-refractivity contribution is 5.99. The largest absolute Gasteiger partial charge is 0.489 e. The summed E-state index contributed by atoms with van der Waals surface area (Å²) in [7, 11) is 0. The van der Waals surface area contributed by atoms with Crippen LogP contribution in [-0.2, 0) is 175 Å². The topological polar surface area (TPSA) is 478 Å². The van der Waals surface area contributed by atoms with Gasteiger partial charge in [0, 0.05) is 111 Å². The quantitative estimate of drug-likeness (QED) is 0.0195. The normalized spacial score (nSPS) is 20.6. The van der Waals surface area contributed by atoms with Crippen LogP contribution in [0.1, 0.15) is 153 Å². The van der Waals surface area contributed by atoms with Crippen molar-refractivity contribution in [2.75, 3.05) is 39.6 Å². The maximum atomic E-state index is 14.1. The van der Waals surface area contributed by atoms with E-state index in [0.717, 1.165) is 115 Å². The summed E-state index contributed by atoms with van der Waals surface area (Å²) < 4.78 is 137. The van der Waals surface area contributed by atoms with Crippen LogP contribution >= 0.6 is 0 Å². The van der Waals surface area contributed by atoms with Crippen LogP contribution in [-0.4, -0.2) is 221 Å². The molecule has 0 aliphatic carbocycles. The zero-order valence-corrected chi connectivity index (χ0v) is 82.6. The van der Waals surface area contributed by atoms with Gasteiger partial charge in [0.2, 0.25) is 5.75 Å². The number of hydrogen-bond acceptors (Lipinski definition) is 39. The smallest absolute Gasteiger partial charge is 0.305 e. The van der Waals surface area contributed by atoms with Crippen molar-refractivity contribution >= 4 is 89.0 Å². The number of ketones is 3. The molecule has 39 heteroatoms. The maximum Gasteiger partial charge on any atom is 0.305 e. The molecule has 0 spiro atoms. The minimum atomic E-state index is -1.56. The van der Waals surface area contributed by atoms with Gasteiger partial charge in [-0.25, -0.2) is 0 Å². The molecule has 3 saturated heterocycles. The number of hydrogen-bond donors (Lipinski definition) is 0. The summed E-state index contributed by atoms with van der Waals surface area (Å²) in [4.78, 5) is 184. The number of rotatable bonds is 41. The molecule has 0 saturated carbocycles. The summed E-state index contributed by atoms with van der Waals surface area (Å²) in [5.41, 5.74) is 6.49. The summed E-state index contributed by atoms with van der Waals surface area (Å²) >= 11 is 0. The molecule has 0 aromatic heterocycles. The van der Waals surface area contributed by atoms with Gasteiger partial charge in [0.1, 0.15) is 90.1 Å². The third kappa shape index (κ3) is 33.1. The van der Waals surface area contributed by atoms with Crippen LogP contribution in [0, 0.1) is 6.92 Å². The molecule has 147 heavy (non-hydrogen) atoms. The molecule has 0 N–H and O–H groups in total. The van der Waals surface area contributed by atoms with Gasteiger partial charge in [0.15, 0.2) is 114 Å². The van der Waals surface area contributed by atoms with Crippen molar-refractivity contribution in [1.29, 1.82) is 0 Å². The Morgan fingerprint density at radius 1 is 0.259 bits per heavy atom. The number of ether oxygens (including phenoxy) is 24. The Morgan fingerprint density at radius 2 is 0.517 bits per heavy atom. The Morgan fingerprint density at radius 3 is 0.830 bits per heavy atom. The number of benzene rings is 9. The molecule has 0 radical (unpaired) electrons. The molecule has 4 aliphatic rings. The second-order valence-electron chi connectivity index (χ2n) is 33.5. The molecule has 15 unspecified atom stereocenters. The minimum absolute atomic E-state index is 0.110. The Bertz CT molecular complexity index is 5940. The van der Waals surface area contributed by atoms with E-state index in [4.69, 9.17) is 114 Å². The van der Waals surface area contributed by atoms with Gasteiger partial charge in [-0.1, -0.05) is 194 Å². The van der Waals surface area contributed by atoms with Crippen molar-refractivity contribution < 1.29 is 186 Å². The van der Waals surface area contributed by atoms with Crippen molar-refractivity contribution in [2.45, 2.75) is 214 Å². The first-order chi connectivity index (χ1) is 70.4. The highest BCUT2D eigenvalue weighted by Gasteiger charge is 2.57. The Kier molecular flexibility index (Phi) is 41.1. The van der Waals surface area contributed by atoms with Gasteiger partial charge in [-0.05, 0) is 71.1 Å². The van der Waals surface area contributed by atoms with E-state index in [-0.39, 0.29) is 53.8 Å². The average molecular weight is 2030 g/mol. The summed E-state index contributed by atoms with van der Waals surface area (Å²) in [5.74, 6) is -9.93. The highest BCUT2D eigenvalue weighted by Crippen LogP contribution is 2.49. The van der Waals surface area contributed by atoms with Gasteiger partial charge in [0.25, 0.3) is 0 Å². The Balaban J connectivity index is 0.000000212. The van der Waals surface area contributed by atoms with Gasteiger partial charge in [-0.15, -0.1) is 0 Å². The summed E-state index contributed by atoms with van der Waals surface area (Å²) in [5, 5.41) is 0. The third-order valence-corrected chi connectivity index (χ3v) is 21.9. The SMILES string of the molecule is CC(=O)OCC1OC(OCC(=O)c2cc(OCc3ccccc3)c(OCc3ccccc3)c(OCc3ccccc3)c2)C(OC(C)=O)C(OC(C)=O)C1OC(C)=O.CC(=O)OCC1OC(OCC(=O)c2ccc(C)c(OCc3ccccc3)c2)C(OC(C)=O)C(OC(C)=O)C1OC(C)=O.CC(=O)OCC1OC(OCC(=O)c2ccc3c(c2)OC(c2ccccc2)(c2ccccc2)O3)C(OC(C)=O)C(OC(C)=O)C1OC(C)=O. The van der Waals surface area contributed by atoms with Gasteiger partial charge < -0.3 is 114 Å². The number of carbonyl (C=O) groups is 15. The Hall–Kier alpha value is -15.8. The fourth-order valence-corrected chi connectivity index (χ4v) is 15.5. The van der Waals surface area contributed by atoms with Crippen LogP contribution in [0.2, 0.25) is 0 Å². The average Bonchev–Trinajstić information content (AvgIpc) is 1.60. The zero-order valence-electron chi connectivity index (χ0n) is 82.6. The predicted molar refractivity (Wildman–Crippen MR) is 509 cm³/mol. The lowest BCUT2D eigenvalue weighted by Crippen LogP contribution is -2.63. The minimum Gasteiger partial charge on any atom is -0.489 e. The number of esters is 12. The van der Waals surface area contributed by atoms with Crippen molar-refractivity contribution in [3.8, 4) is 34.5 Å². The van der Waals surface area contributed by atoms with Gasteiger partial charge in [0.05, 0.1) is 0 Å². The molecule has 4 heterocycles. The van der Waals surface area contributed by atoms with E-state index in [1.807, 2.05) is 189 Å². The third-order valence-electron chi connectivity index (χ3n) is 21.9. The first-order valence-electron chi connectivity index (χ1n) is 46.3. The lowest BCUT2D eigenvalue weighted by molar-refractivity contribution is -0.305. The molecule has 778 valence electrons. The highest BCUT2D eigenvalue weighted by atomic mass is 16.8. The summed E-state index contributed by atoms with van der Waals surface area (Å²) in [6.07, 6.45) is -21.0. The van der Waals surface area contributed by atoms with Gasteiger partial charge in [-0.2, -0.15) is 0 Å². The van der Waals surface area contributed by atoms with E-state index in [0.29, 0.717) is 23.9 Å². The van der Waals surface area contributed by atoms with E-state index >= 15 is 0 Å². The number of fused-ring (bicyclic) bond motifs is 1. The molecule has 4 aliphatic heterocycles. The monoisotopic (exact) mass is 2030 g/mol. The van der Waals surface area contributed by atoms with E-state index in [9.17, 15) is 71.9 Å². The molecule has 13 rings (SSSR count). The van der Waals surface area contributed by atoms with Gasteiger partial charge in [-0.3, -0.25) is 71.9 Å². The van der Waals surface area contributed by atoms with Crippen LogP contribution in [0.15, 0.2) is 231 Å². The molecule has 0 amide bonds. The number of Topliss-reactive ketones (excluding diaryl/α,β-unsaturated/α-hetero) is 3. The van der Waals surface area contributed by atoms with Gasteiger partial charge >= 0.3 is 77.4 Å². The van der Waals surface area contributed by atoms with E-state index < -0.39 is 227 Å². The van der Waals surface area contributed by atoms with Crippen molar-refractivity contribution in [3.05, 3.63) is 286 Å². The standard InChI is InChI=1S/C43H44O14.C35H34O13.C30H34O12/c1-27(44)49-26-38-40(54-28(2)45)41(55-29(3)46)42(56-30(4)47)43(57-38)53-25-35(48)34-20-36(50-22-31-14-8-5-9-15-31)39(52-24-33-18-12-7-13-19-33)37(21-34)51-23-32-16-10-6-11-17-32;1-20(36)41-19-30-31(43-21(2)37)32(44-22(3)38)33(45-23(4)39)34(46-30)42-18-27(40)24-15-16-28-29(17-24)48-35(47-28,25-11-7-5-8-12-25)26-13-9-6-10-14-26;1-17-11-12-23(13-25(17)37-14-22-9-7-6-8-10-22)24(35)15-38-30-29(41-21(5)34)28(40-20(4)33)27(39-19(3)32)26(42-30)16-36-18(2)31/h5-21,38,40-43H,22-26H2,1-4H3;5-17,30-34H,18-19H2,1-4H3;6-13,26-30H,14-16H2,1-5H3. The molecule has 15 atom stereocenters.